The van der Waals surface area contributed by atoms with Crippen LogP contribution in [0.1, 0.15) is 47.9 Å². The second-order valence-corrected chi connectivity index (χ2v) is 7.35. The quantitative estimate of drug-likeness (QED) is 0.699. The van der Waals surface area contributed by atoms with Gasteiger partial charge in [0.05, 0.1) is 6.61 Å². The Labute approximate surface area is 165 Å². The van der Waals surface area contributed by atoms with Crippen molar-refractivity contribution in [2.45, 2.75) is 45.1 Å². The van der Waals surface area contributed by atoms with Gasteiger partial charge in [-0.15, -0.1) is 0 Å². The lowest BCUT2D eigenvalue weighted by Crippen LogP contribution is -2.22. The molecule has 1 atom stereocenters. The van der Waals surface area contributed by atoms with Gasteiger partial charge in [-0.1, -0.05) is 42.5 Å². The van der Waals surface area contributed by atoms with Crippen LogP contribution in [-0.2, 0) is 33.8 Å². The smallest absolute Gasteiger partial charge is 0.216 e. The SMILES string of the molecule is CC(=O)NCCC1CCc2ccc(CC(=O)COCc3ccccc3)c(O)c21. The van der Waals surface area contributed by atoms with Gasteiger partial charge in [0.1, 0.15) is 12.4 Å². The largest absolute Gasteiger partial charge is 0.507 e. The number of carbonyl (C=O) groups excluding carboxylic acids is 2. The summed E-state index contributed by atoms with van der Waals surface area (Å²) in [6, 6.07) is 13.6. The summed E-state index contributed by atoms with van der Waals surface area (Å²) in [5.74, 6) is 0.349. The first-order valence-electron chi connectivity index (χ1n) is 9.76. The van der Waals surface area contributed by atoms with Gasteiger partial charge in [0.2, 0.25) is 5.91 Å². The maximum atomic E-state index is 12.3. The van der Waals surface area contributed by atoms with E-state index in [-0.39, 0.29) is 36.4 Å². The van der Waals surface area contributed by atoms with Crippen molar-refractivity contribution in [2.75, 3.05) is 13.2 Å². The zero-order valence-electron chi connectivity index (χ0n) is 16.2. The highest BCUT2D eigenvalue weighted by Gasteiger charge is 2.27. The normalized spacial score (nSPS) is 15.2. The van der Waals surface area contributed by atoms with Gasteiger partial charge in [0.15, 0.2) is 5.78 Å². The number of benzene rings is 2. The molecule has 1 aliphatic carbocycles. The van der Waals surface area contributed by atoms with Crippen LogP contribution in [0, 0.1) is 0 Å². The Morgan fingerprint density at radius 2 is 1.96 bits per heavy atom. The monoisotopic (exact) mass is 381 g/mol. The highest BCUT2D eigenvalue weighted by atomic mass is 16.5. The summed E-state index contributed by atoms with van der Waals surface area (Å²) in [7, 11) is 0. The van der Waals surface area contributed by atoms with Crippen LogP contribution in [0.2, 0.25) is 0 Å². The van der Waals surface area contributed by atoms with E-state index in [1.165, 1.54) is 6.92 Å². The third-order valence-electron chi connectivity index (χ3n) is 5.19. The summed E-state index contributed by atoms with van der Waals surface area (Å²) >= 11 is 0. The first-order valence-corrected chi connectivity index (χ1v) is 9.76. The third-order valence-corrected chi connectivity index (χ3v) is 5.19. The van der Waals surface area contributed by atoms with E-state index in [1.807, 2.05) is 42.5 Å². The minimum absolute atomic E-state index is 0.0252. The third kappa shape index (κ3) is 5.20. The van der Waals surface area contributed by atoms with Gasteiger partial charge >= 0.3 is 0 Å². The van der Waals surface area contributed by atoms with E-state index in [0.29, 0.717) is 18.7 Å². The van der Waals surface area contributed by atoms with Gasteiger partial charge in [0.25, 0.3) is 0 Å². The molecule has 0 saturated heterocycles. The molecule has 0 spiro atoms. The molecular formula is C23H27NO4. The molecule has 2 aromatic rings. The van der Waals surface area contributed by atoms with Crippen LogP contribution < -0.4 is 5.32 Å². The van der Waals surface area contributed by atoms with E-state index < -0.39 is 0 Å². The first-order chi connectivity index (χ1) is 13.5. The number of ketones is 1. The summed E-state index contributed by atoms with van der Waals surface area (Å²) in [6.45, 7) is 2.52. The Kier molecular flexibility index (Phi) is 6.82. The van der Waals surface area contributed by atoms with Crippen molar-refractivity contribution < 1.29 is 19.4 Å². The van der Waals surface area contributed by atoms with Crippen molar-refractivity contribution in [3.63, 3.8) is 0 Å². The highest BCUT2D eigenvalue weighted by molar-refractivity contribution is 5.83. The van der Waals surface area contributed by atoms with Crippen molar-refractivity contribution in [1.82, 2.24) is 5.32 Å². The van der Waals surface area contributed by atoms with Crippen LogP contribution in [0.4, 0.5) is 0 Å². The number of phenolic OH excluding ortho intramolecular Hbond substituents is 1. The Hall–Kier alpha value is -2.66. The van der Waals surface area contributed by atoms with Gasteiger partial charge in [-0.25, -0.2) is 0 Å². The van der Waals surface area contributed by atoms with Gasteiger partial charge in [-0.3, -0.25) is 9.59 Å². The fourth-order valence-corrected chi connectivity index (χ4v) is 3.82. The second-order valence-electron chi connectivity index (χ2n) is 7.35. The summed E-state index contributed by atoms with van der Waals surface area (Å²) < 4.78 is 5.51. The molecular weight excluding hydrogens is 354 g/mol. The molecule has 3 rings (SSSR count). The number of fused-ring (bicyclic) bond motifs is 1. The fourth-order valence-electron chi connectivity index (χ4n) is 3.82. The number of hydrogen-bond donors (Lipinski definition) is 2. The number of aromatic hydroxyl groups is 1. The Morgan fingerprint density at radius 3 is 2.71 bits per heavy atom. The molecule has 0 aliphatic heterocycles. The average Bonchev–Trinajstić information content (AvgIpc) is 3.08. The van der Waals surface area contributed by atoms with Crippen LogP contribution in [0.25, 0.3) is 0 Å². The lowest BCUT2D eigenvalue weighted by molar-refractivity contribution is -0.123. The molecule has 1 unspecified atom stereocenters. The standard InChI is InChI=1S/C23H27NO4/c1-16(25)24-12-11-19-8-7-18-9-10-20(23(27)22(18)19)13-21(26)15-28-14-17-5-3-2-4-6-17/h2-6,9-10,19,27H,7-8,11-15H2,1H3,(H,24,25). The van der Waals surface area contributed by atoms with Gasteiger partial charge in [-0.2, -0.15) is 0 Å². The fraction of sp³-hybridized carbons (Fsp3) is 0.391. The predicted octanol–water partition coefficient (Wildman–Crippen LogP) is 3.28. The van der Waals surface area contributed by atoms with Crippen LogP contribution >= 0.6 is 0 Å². The number of phenols is 1. The molecule has 1 amide bonds. The van der Waals surface area contributed by atoms with E-state index in [1.54, 1.807) is 0 Å². The number of amides is 1. The molecule has 148 valence electrons. The number of Topliss-reactive ketones (excluding diaryl/α,β-unsaturated/α-hetero) is 1. The Balaban J connectivity index is 1.57. The molecule has 2 N–H and O–H groups in total. The molecule has 0 saturated carbocycles. The van der Waals surface area contributed by atoms with Gasteiger partial charge in [0, 0.05) is 31.0 Å². The summed E-state index contributed by atoms with van der Waals surface area (Å²) in [4.78, 5) is 23.4. The molecule has 2 aromatic carbocycles. The molecule has 0 radical (unpaired) electrons. The number of ether oxygens (including phenoxy) is 1. The van der Waals surface area contributed by atoms with Crippen molar-refractivity contribution in [3.8, 4) is 5.75 Å². The zero-order chi connectivity index (χ0) is 19.9. The molecule has 5 heteroatoms. The van der Waals surface area contributed by atoms with E-state index in [2.05, 4.69) is 5.32 Å². The molecule has 0 fully saturated rings. The Bertz CT molecular complexity index is 832. The first kappa shape index (κ1) is 20.1. The van der Waals surface area contributed by atoms with Crippen LogP contribution in [0.3, 0.4) is 0 Å². The van der Waals surface area contributed by atoms with E-state index in [0.717, 1.165) is 36.0 Å². The minimum atomic E-state index is -0.0565. The van der Waals surface area contributed by atoms with Crippen LogP contribution in [-0.4, -0.2) is 29.9 Å². The maximum absolute atomic E-state index is 12.3. The van der Waals surface area contributed by atoms with Crippen molar-refractivity contribution >= 4 is 11.7 Å². The van der Waals surface area contributed by atoms with Gasteiger partial charge in [-0.05, 0) is 36.3 Å². The topological polar surface area (TPSA) is 75.6 Å². The predicted molar refractivity (Wildman–Crippen MR) is 107 cm³/mol. The van der Waals surface area contributed by atoms with E-state index in [9.17, 15) is 14.7 Å². The minimum Gasteiger partial charge on any atom is -0.507 e. The van der Waals surface area contributed by atoms with E-state index in [4.69, 9.17) is 4.74 Å². The summed E-state index contributed by atoms with van der Waals surface area (Å²) in [6.07, 6.45) is 2.83. The number of nitrogens with one attached hydrogen (secondary N) is 1. The molecule has 28 heavy (non-hydrogen) atoms. The zero-order valence-corrected chi connectivity index (χ0v) is 16.2. The maximum Gasteiger partial charge on any atom is 0.216 e. The molecule has 5 nitrogen and oxygen atoms in total. The molecule has 1 aliphatic rings. The molecule has 0 bridgehead atoms. The number of hydrogen-bond acceptors (Lipinski definition) is 4. The molecule has 0 aromatic heterocycles. The highest BCUT2D eigenvalue weighted by Crippen LogP contribution is 2.42. The lowest BCUT2D eigenvalue weighted by atomic mass is 9.93. The molecule has 0 heterocycles. The van der Waals surface area contributed by atoms with Gasteiger partial charge < -0.3 is 15.2 Å². The second kappa shape index (κ2) is 9.51. The Morgan fingerprint density at radius 1 is 1.18 bits per heavy atom. The van der Waals surface area contributed by atoms with Crippen molar-refractivity contribution in [1.29, 1.82) is 0 Å². The van der Waals surface area contributed by atoms with Crippen molar-refractivity contribution in [3.05, 3.63) is 64.7 Å². The van der Waals surface area contributed by atoms with E-state index >= 15 is 0 Å². The number of carbonyl (C=O) groups is 2. The van der Waals surface area contributed by atoms with Crippen molar-refractivity contribution in [2.24, 2.45) is 0 Å². The number of rotatable bonds is 9. The number of aryl methyl sites for hydroxylation is 1. The van der Waals surface area contributed by atoms with Crippen LogP contribution in [0.15, 0.2) is 42.5 Å². The average molecular weight is 381 g/mol. The summed E-state index contributed by atoms with van der Waals surface area (Å²) in [5.41, 5.74) is 3.76. The summed E-state index contributed by atoms with van der Waals surface area (Å²) in [5, 5.41) is 13.6. The lowest BCUT2D eigenvalue weighted by Gasteiger charge is -2.16. The van der Waals surface area contributed by atoms with Crippen LogP contribution in [0.5, 0.6) is 5.75 Å².